The summed E-state index contributed by atoms with van der Waals surface area (Å²) in [7, 11) is 0. The minimum absolute atomic E-state index is 0.246. The zero-order valence-electron chi connectivity index (χ0n) is 21.1. The van der Waals surface area contributed by atoms with Crippen molar-refractivity contribution < 1.29 is 17.7 Å². The predicted molar refractivity (Wildman–Crippen MR) is 130 cm³/mol. The summed E-state index contributed by atoms with van der Waals surface area (Å²) in [6, 6.07) is 3.94. The normalized spacial score (nSPS) is 15.3. The fourth-order valence-electron chi connectivity index (χ4n) is 5.06. The van der Waals surface area contributed by atoms with Crippen molar-refractivity contribution in [1.29, 1.82) is 0 Å². The molecule has 35 heavy (non-hydrogen) atoms. The molecule has 0 aliphatic heterocycles. The highest BCUT2D eigenvalue weighted by Crippen LogP contribution is 2.40. The Morgan fingerprint density at radius 2 is 1.83 bits per heavy atom. The van der Waals surface area contributed by atoms with Crippen molar-refractivity contribution in [2.75, 3.05) is 13.1 Å². The van der Waals surface area contributed by atoms with Crippen molar-refractivity contribution in [1.82, 2.24) is 20.4 Å². The smallest absolute Gasteiger partial charge is 0.334 e. The molecule has 0 saturated carbocycles. The van der Waals surface area contributed by atoms with Gasteiger partial charge < -0.3 is 9.84 Å². The van der Waals surface area contributed by atoms with Crippen molar-refractivity contribution in [2.24, 2.45) is 5.41 Å². The van der Waals surface area contributed by atoms with Gasteiger partial charge in [0.2, 0.25) is 5.82 Å². The highest BCUT2D eigenvalue weighted by Gasteiger charge is 2.30. The zero-order chi connectivity index (χ0) is 25.4. The molecule has 188 valence electrons. The quantitative estimate of drug-likeness (QED) is 0.404. The lowest BCUT2D eigenvalue weighted by atomic mass is 9.73. The minimum Gasteiger partial charge on any atom is -0.334 e. The van der Waals surface area contributed by atoms with Gasteiger partial charge in [0.15, 0.2) is 0 Å². The molecule has 3 aromatic rings. The van der Waals surface area contributed by atoms with Crippen LogP contribution in [0.4, 0.5) is 13.2 Å². The van der Waals surface area contributed by atoms with Crippen LogP contribution in [0.15, 0.2) is 22.9 Å². The van der Waals surface area contributed by atoms with Gasteiger partial charge in [-0.25, -0.2) is 0 Å². The van der Waals surface area contributed by atoms with E-state index in [4.69, 9.17) is 14.5 Å². The number of aryl methyl sites for hydroxylation is 3. The van der Waals surface area contributed by atoms with Crippen molar-refractivity contribution in [3.05, 3.63) is 51.8 Å². The molecule has 4 rings (SSSR count). The van der Waals surface area contributed by atoms with Crippen LogP contribution >= 0.6 is 0 Å². The number of alkyl halides is 3. The summed E-state index contributed by atoms with van der Waals surface area (Å²) in [6.45, 7) is 9.93. The van der Waals surface area contributed by atoms with Crippen molar-refractivity contribution in [2.45, 2.75) is 72.9 Å². The first-order chi connectivity index (χ1) is 16.5. The van der Waals surface area contributed by atoms with E-state index in [1.165, 1.54) is 11.1 Å². The third kappa shape index (κ3) is 5.74. The maximum atomic E-state index is 12.4. The Labute approximate surface area is 204 Å². The molecule has 5 nitrogen and oxygen atoms in total. The van der Waals surface area contributed by atoms with Crippen molar-refractivity contribution in [3.8, 4) is 22.8 Å². The van der Waals surface area contributed by atoms with Gasteiger partial charge in [0.05, 0.1) is 12.1 Å². The highest BCUT2D eigenvalue weighted by molar-refractivity contribution is 5.65. The van der Waals surface area contributed by atoms with Crippen LogP contribution < -0.4 is 5.32 Å². The lowest BCUT2D eigenvalue weighted by Gasteiger charge is -2.33. The molecule has 0 amide bonds. The summed E-state index contributed by atoms with van der Waals surface area (Å²) >= 11 is 0. The Morgan fingerprint density at radius 3 is 2.49 bits per heavy atom. The number of nitrogens with zero attached hydrogens (tertiary/aromatic N) is 3. The largest absolute Gasteiger partial charge is 0.401 e. The van der Waals surface area contributed by atoms with Gasteiger partial charge in [-0.05, 0) is 97.9 Å². The molecule has 2 aromatic heterocycles. The van der Waals surface area contributed by atoms with Crippen molar-refractivity contribution >= 4 is 0 Å². The van der Waals surface area contributed by atoms with Crippen LogP contribution in [0, 0.1) is 19.3 Å². The molecule has 2 heterocycles. The van der Waals surface area contributed by atoms with E-state index in [0.29, 0.717) is 18.1 Å². The van der Waals surface area contributed by atoms with E-state index in [2.05, 4.69) is 31.2 Å². The summed E-state index contributed by atoms with van der Waals surface area (Å²) in [6.07, 6.45) is 2.12. The van der Waals surface area contributed by atoms with Gasteiger partial charge in [0, 0.05) is 17.5 Å². The second kappa shape index (κ2) is 9.72. The molecule has 1 aromatic carbocycles. The van der Waals surface area contributed by atoms with E-state index < -0.39 is 12.7 Å². The van der Waals surface area contributed by atoms with Crippen LogP contribution in [0.2, 0.25) is 0 Å². The second-order valence-corrected chi connectivity index (χ2v) is 10.3. The Balaban J connectivity index is 1.58. The molecule has 1 aliphatic rings. The second-order valence-electron chi connectivity index (χ2n) is 10.3. The average Bonchev–Trinajstić information content (AvgIpc) is 3.26. The molecule has 0 unspecified atom stereocenters. The first-order valence-corrected chi connectivity index (χ1v) is 12.2. The molecule has 0 fully saturated rings. The molecule has 8 heteroatoms. The summed E-state index contributed by atoms with van der Waals surface area (Å²) in [4.78, 5) is 9.43. The van der Waals surface area contributed by atoms with Crippen LogP contribution in [0.1, 0.15) is 60.7 Å². The van der Waals surface area contributed by atoms with Gasteiger partial charge in [0.25, 0.3) is 5.89 Å². The first kappa shape index (κ1) is 25.4. The SMILES string of the molecule is CCc1ncc(-c2nc(-c3cc(C)c(CCNCC(F)(F)F)c(C)c3)no2)c2c1CC(C)(C)CC2. The van der Waals surface area contributed by atoms with Gasteiger partial charge in [-0.1, -0.05) is 25.9 Å². The predicted octanol–water partition coefficient (Wildman–Crippen LogP) is 6.19. The topological polar surface area (TPSA) is 63.8 Å². The van der Waals surface area contributed by atoms with Gasteiger partial charge in [0.1, 0.15) is 0 Å². The van der Waals surface area contributed by atoms with Crippen LogP contribution in [-0.2, 0) is 25.7 Å². The molecule has 0 atom stereocenters. The number of rotatable bonds is 7. The summed E-state index contributed by atoms with van der Waals surface area (Å²) in [5.74, 6) is 0.972. The maximum absolute atomic E-state index is 12.4. The lowest BCUT2D eigenvalue weighted by molar-refractivity contribution is -0.124. The maximum Gasteiger partial charge on any atom is 0.401 e. The summed E-state index contributed by atoms with van der Waals surface area (Å²) in [5.41, 5.74) is 8.73. The fraction of sp³-hybridized carbons (Fsp3) is 0.519. The van der Waals surface area contributed by atoms with Gasteiger partial charge in [-0.15, -0.1) is 0 Å². The Morgan fingerprint density at radius 1 is 1.11 bits per heavy atom. The van der Waals surface area contributed by atoms with Gasteiger partial charge >= 0.3 is 6.18 Å². The summed E-state index contributed by atoms with van der Waals surface area (Å²) < 4.78 is 42.8. The number of halogens is 3. The monoisotopic (exact) mass is 486 g/mol. The zero-order valence-corrected chi connectivity index (χ0v) is 21.1. The summed E-state index contributed by atoms with van der Waals surface area (Å²) in [5, 5.41) is 6.71. The van der Waals surface area contributed by atoms with Crippen LogP contribution in [0.25, 0.3) is 22.8 Å². The standard InChI is InChI=1S/C27H33F3N4O/c1-6-23-21-13-26(4,5)9-7-20(21)22(14-32-23)25-33-24(34-35-25)18-11-16(2)19(17(3)12-18)8-10-31-15-27(28,29)30/h11-12,14,31H,6-10,13,15H2,1-5H3. The van der Waals surface area contributed by atoms with Crippen LogP contribution in [0.5, 0.6) is 0 Å². The number of nitrogens with one attached hydrogen (secondary N) is 1. The average molecular weight is 487 g/mol. The number of hydrogen-bond donors (Lipinski definition) is 1. The molecule has 0 saturated heterocycles. The molecule has 0 bridgehead atoms. The lowest BCUT2D eigenvalue weighted by Crippen LogP contribution is -2.30. The number of aromatic nitrogens is 3. The minimum atomic E-state index is -4.20. The third-order valence-electron chi connectivity index (χ3n) is 6.92. The van der Waals surface area contributed by atoms with Crippen LogP contribution in [-0.4, -0.2) is 34.4 Å². The Kier molecular flexibility index (Phi) is 7.04. The van der Waals surface area contributed by atoms with E-state index in [1.54, 1.807) is 0 Å². The number of benzene rings is 1. The Hall–Kier alpha value is -2.74. The number of fused-ring (bicyclic) bond motifs is 1. The molecular weight excluding hydrogens is 453 g/mol. The fourth-order valence-corrected chi connectivity index (χ4v) is 5.06. The molecule has 0 radical (unpaired) electrons. The molecule has 1 N–H and O–H groups in total. The van der Waals surface area contributed by atoms with E-state index in [-0.39, 0.29) is 12.0 Å². The third-order valence-corrected chi connectivity index (χ3v) is 6.92. The van der Waals surface area contributed by atoms with Crippen molar-refractivity contribution in [3.63, 3.8) is 0 Å². The van der Waals surface area contributed by atoms with Crippen LogP contribution in [0.3, 0.4) is 0 Å². The van der Waals surface area contributed by atoms with E-state index in [9.17, 15) is 13.2 Å². The van der Waals surface area contributed by atoms with Gasteiger partial charge in [-0.2, -0.15) is 18.2 Å². The Bertz CT molecular complexity index is 1190. The molecular formula is C27H33F3N4O. The number of hydrogen-bond acceptors (Lipinski definition) is 5. The first-order valence-electron chi connectivity index (χ1n) is 12.2. The van der Waals surface area contributed by atoms with E-state index >= 15 is 0 Å². The molecule has 0 spiro atoms. The van der Waals surface area contributed by atoms with E-state index in [1.807, 2.05) is 32.2 Å². The highest BCUT2D eigenvalue weighted by atomic mass is 19.4. The van der Waals surface area contributed by atoms with Gasteiger partial charge in [-0.3, -0.25) is 4.98 Å². The molecule has 1 aliphatic carbocycles. The van der Waals surface area contributed by atoms with E-state index in [0.717, 1.165) is 59.2 Å². The number of pyridine rings is 1.